The van der Waals surface area contributed by atoms with E-state index in [2.05, 4.69) is 5.32 Å². The number of rotatable bonds is 9. The predicted octanol–water partition coefficient (Wildman–Crippen LogP) is 1.19. The molecule has 1 rings (SSSR count). The smallest absolute Gasteiger partial charge is 0.124 e. The Balaban J connectivity index is 2.66. The first-order valence-corrected chi connectivity index (χ1v) is 6.34. The number of aliphatic hydroxyl groups is 1. The van der Waals surface area contributed by atoms with Gasteiger partial charge in [0.05, 0.1) is 19.8 Å². The molecule has 0 amide bonds. The van der Waals surface area contributed by atoms with E-state index < -0.39 is 6.10 Å². The monoisotopic (exact) mass is 269 g/mol. The van der Waals surface area contributed by atoms with Crippen molar-refractivity contribution in [2.45, 2.75) is 19.6 Å². The van der Waals surface area contributed by atoms with Crippen LogP contribution in [-0.2, 0) is 11.3 Å². The van der Waals surface area contributed by atoms with Gasteiger partial charge in [-0.2, -0.15) is 0 Å². The van der Waals surface area contributed by atoms with E-state index >= 15 is 0 Å². The largest absolute Gasteiger partial charge is 0.497 e. The summed E-state index contributed by atoms with van der Waals surface area (Å²) in [6.45, 7) is 4.06. The number of aliphatic hydroxyl groups excluding tert-OH is 1. The van der Waals surface area contributed by atoms with Gasteiger partial charge >= 0.3 is 0 Å². The molecule has 0 saturated carbocycles. The van der Waals surface area contributed by atoms with Crippen molar-refractivity contribution < 1.29 is 19.3 Å². The summed E-state index contributed by atoms with van der Waals surface area (Å²) >= 11 is 0. The van der Waals surface area contributed by atoms with Gasteiger partial charge in [-0.25, -0.2) is 0 Å². The third kappa shape index (κ3) is 5.92. The van der Waals surface area contributed by atoms with Crippen molar-refractivity contribution in [3.8, 4) is 11.5 Å². The average molecular weight is 269 g/mol. The van der Waals surface area contributed by atoms with E-state index in [4.69, 9.17) is 14.2 Å². The summed E-state index contributed by atoms with van der Waals surface area (Å²) in [5.41, 5.74) is 0.996. The highest BCUT2D eigenvalue weighted by molar-refractivity contribution is 5.40. The summed E-state index contributed by atoms with van der Waals surface area (Å²) in [6.07, 6.45) is -0.489. The third-order valence-electron chi connectivity index (χ3n) is 2.55. The van der Waals surface area contributed by atoms with Crippen LogP contribution in [0.4, 0.5) is 0 Å². The summed E-state index contributed by atoms with van der Waals surface area (Å²) in [6, 6.07) is 5.63. The van der Waals surface area contributed by atoms with Gasteiger partial charge in [0, 0.05) is 25.8 Å². The molecule has 2 N–H and O–H groups in total. The van der Waals surface area contributed by atoms with E-state index in [-0.39, 0.29) is 6.61 Å². The van der Waals surface area contributed by atoms with Crippen molar-refractivity contribution in [1.29, 1.82) is 0 Å². The minimum absolute atomic E-state index is 0.275. The normalized spacial score (nSPS) is 12.2. The maximum Gasteiger partial charge on any atom is 0.124 e. The van der Waals surface area contributed by atoms with Crippen molar-refractivity contribution in [3.63, 3.8) is 0 Å². The fourth-order valence-corrected chi connectivity index (χ4v) is 1.57. The minimum Gasteiger partial charge on any atom is -0.497 e. The molecule has 0 aliphatic rings. The van der Waals surface area contributed by atoms with E-state index in [1.54, 1.807) is 21.1 Å². The van der Waals surface area contributed by atoms with Crippen molar-refractivity contribution in [2.75, 3.05) is 34.0 Å². The maximum atomic E-state index is 9.27. The number of hydrogen-bond acceptors (Lipinski definition) is 5. The summed E-state index contributed by atoms with van der Waals surface area (Å²) in [5.74, 6) is 1.54. The fourth-order valence-electron chi connectivity index (χ4n) is 1.57. The van der Waals surface area contributed by atoms with Crippen LogP contribution in [0.5, 0.6) is 11.5 Å². The summed E-state index contributed by atoms with van der Waals surface area (Å²) < 4.78 is 15.8. The molecule has 0 fully saturated rings. The highest BCUT2D eigenvalue weighted by Gasteiger charge is 2.07. The molecule has 108 valence electrons. The van der Waals surface area contributed by atoms with E-state index in [0.717, 1.165) is 23.6 Å². The topological polar surface area (TPSA) is 60.0 Å². The molecule has 0 bridgehead atoms. The average Bonchev–Trinajstić information content (AvgIpc) is 2.41. The highest BCUT2D eigenvalue weighted by Crippen LogP contribution is 2.24. The SMILES string of the molecule is COCCNCc1cc(OC)ccc1OCC(C)O. The Bertz CT molecular complexity index is 368. The van der Waals surface area contributed by atoms with Crippen LogP contribution in [-0.4, -0.2) is 45.2 Å². The van der Waals surface area contributed by atoms with E-state index in [9.17, 15) is 5.11 Å². The molecule has 0 heterocycles. The van der Waals surface area contributed by atoms with E-state index in [0.29, 0.717) is 13.2 Å². The third-order valence-corrected chi connectivity index (χ3v) is 2.55. The van der Waals surface area contributed by atoms with Crippen molar-refractivity contribution in [2.24, 2.45) is 0 Å². The van der Waals surface area contributed by atoms with Gasteiger partial charge in [-0.05, 0) is 25.1 Å². The van der Waals surface area contributed by atoms with Crippen molar-refractivity contribution in [1.82, 2.24) is 5.32 Å². The second-order valence-electron chi connectivity index (χ2n) is 4.30. The molecule has 1 atom stereocenters. The predicted molar refractivity (Wildman–Crippen MR) is 73.8 cm³/mol. The fraction of sp³-hybridized carbons (Fsp3) is 0.571. The zero-order chi connectivity index (χ0) is 14.1. The Kier molecular flexibility index (Phi) is 7.25. The second kappa shape index (κ2) is 8.74. The zero-order valence-electron chi connectivity index (χ0n) is 11.8. The molecule has 5 nitrogen and oxygen atoms in total. The second-order valence-corrected chi connectivity index (χ2v) is 4.30. The number of ether oxygens (including phenoxy) is 3. The van der Waals surface area contributed by atoms with Gasteiger partial charge in [-0.15, -0.1) is 0 Å². The molecule has 1 aromatic carbocycles. The molecule has 0 saturated heterocycles. The molecular weight excluding hydrogens is 246 g/mol. The van der Waals surface area contributed by atoms with E-state index in [1.807, 2.05) is 18.2 Å². The molecule has 1 unspecified atom stereocenters. The van der Waals surface area contributed by atoms with Gasteiger partial charge in [0.15, 0.2) is 0 Å². The highest BCUT2D eigenvalue weighted by atomic mass is 16.5. The lowest BCUT2D eigenvalue weighted by Gasteiger charge is -2.14. The molecular formula is C14H23NO4. The van der Waals surface area contributed by atoms with E-state index in [1.165, 1.54) is 0 Å². The molecule has 0 radical (unpaired) electrons. The number of hydrogen-bond donors (Lipinski definition) is 2. The van der Waals surface area contributed by atoms with Crippen LogP contribution in [0, 0.1) is 0 Å². The number of benzene rings is 1. The van der Waals surface area contributed by atoms with Crippen molar-refractivity contribution in [3.05, 3.63) is 23.8 Å². The maximum absolute atomic E-state index is 9.27. The van der Waals surface area contributed by atoms with Gasteiger partial charge in [0.1, 0.15) is 18.1 Å². The van der Waals surface area contributed by atoms with Crippen LogP contribution < -0.4 is 14.8 Å². The van der Waals surface area contributed by atoms with Crippen LogP contribution in [0.3, 0.4) is 0 Å². The quantitative estimate of drug-likeness (QED) is 0.659. The number of methoxy groups -OCH3 is 2. The standard InChI is InChI=1S/C14H23NO4/c1-11(16)10-19-14-5-4-13(18-3)8-12(14)9-15-6-7-17-2/h4-5,8,11,15-16H,6-7,9-10H2,1-3H3. The molecule has 0 spiro atoms. The molecule has 19 heavy (non-hydrogen) atoms. The Labute approximate surface area is 114 Å². The molecule has 1 aromatic rings. The van der Waals surface area contributed by atoms with Gasteiger partial charge < -0.3 is 24.6 Å². The van der Waals surface area contributed by atoms with Crippen LogP contribution in [0.25, 0.3) is 0 Å². The molecule has 0 aliphatic carbocycles. The van der Waals surface area contributed by atoms with Crippen LogP contribution in [0.2, 0.25) is 0 Å². The Hall–Kier alpha value is -1.30. The molecule has 5 heteroatoms. The van der Waals surface area contributed by atoms with Crippen LogP contribution >= 0.6 is 0 Å². The first kappa shape index (κ1) is 15.8. The lowest BCUT2D eigenvalue weighted by Crippen LogP contribution is -2.20. The minimum atomic E-state index is -0.489. The Morgan fingerprint density at radius 3 is 2.74 bits per heavy atom. The van der Waals surface area contributed by atoms with Crippen molar-refractivity contribution >= 4 is 0 Å². The Morgan fingerprint density at radius 1 is 1.32 bits per heavy atom. The van der Waals surface area contributed by atoms with Gasteiger partial charge in [-0.1, -0.05) is 0 Å². The summed E-state index contributed by atoms with van der Waals surface area (Å²) in [7, 11) is 3.30. The lowest BCUT2D eigenvalue weighted by molar-refractivity contribution is 0.122. The first-order valence-electron chi connectivity index (χ1n) is 6.34. The molecule has 0 aromatic heterocycles. The summed E-state index contributed by atoms with van der Waals surface area (Å²) in [5, 5.41) is 12.5. The van der Waals surface area contributed by atoms with Gasteiger partial charge in [0.2, 0.25) is 0 Å². The summed E-state index contributed by atoms with van der Waals surface area (Å²) in [4.78, 5) is 0. The number of nitrogens with one attached hydrogen (secondary N) is 1. The van der Waals surface area contributed by atoms with Gasteiger partial charge in [-0.3, -0.25) is 0 Å². The van der Waals surface area contributed by atoms with Gasteiger partial charge in [0.25, 0.3) is 0 Å². The van der Waals surface area contributed by atoms with Crippen LogP contribution in [0.15, 0.2) is 18.2 Å². The zero-order valence-corrected chi connectivity index (χ0v) is 11.8. The lowest BCUT2D eigenvalue weighted by atomic mass is 10.2. The Morgan fingerprint density at radius 2 is 2.11 bits per heavy atom. The molecule has 0 aliphatic heterocycles. The first-order chi connectivity index (χ1) is 9.17. The van der Waals surface area contributed by atoms with Crippen LogP contribution in [0.1, 0.15) is 12.5 Å².